The maximum Gasteiger partial charge on any atom is 0.136 e. The number of alkyl halides is 1. The Morgan fingerprint density at radius 2 is 2.15 bits per heavy atom. The first kappa shape index (κ1) is 10.6. The molecule has 3 heteroatoms. The van der Waals surface area contributed by atoms with Crippen LogP contribution in [-0.4, -0.2) is 11.6 Å². The molecule has 0 unspecified atom stereocenters. The lowest BCUT2D eigenvalue weighted by Crippen LogP contribution is -1.88. The third-order valence-corrected chi connectivity index (χ3v) is 3.03. The van der Waals surface area contributed by atoms with Gasteiger partial charge in [-0.05, 0) is 12.1 Å². The SMILES string of the molecule is C=C(CCl)CSc1ccccc1F. The van der Waals surface area contributed by atoms with E-state index in [4.69, 9.17) is 11.6 Å². The van der Waals surface area contributed by atoms with Crippen molar-refractivity contribution in [3.63, 3.8) is 0 Å². The van der Waals surface area contributed by atoms with E-state index in [1.165, 1.54) is 17.8 Å². The van der Waals surface area contributed by atoms with Gasteiger partial charge in [0.15, 0.2) is 0 Å². The average Bonchev–Trinajstić information content (AvgIpc) is 2.16. The predicted octanol–water partition coefficient (Wildman–Crippen LogP) is 3.71. The zero-order valence-corrected chi connectivity index (χ0v) is 8.67. The van der Waals surface area contributed by atoms with E-state index in [1.54, 1.807) is 12.1 Å². The third-order valence-electron chi connectivity index (χ3n) is 1.46. The number of benzene rings is 1. The summed E-state index contributed by atoms with van der Waals surface area (Å²) in [4.78, 5) is 0.647. The molecule has 0 bridgehead atoms. The number of halogens is 2. The molecule has 1 rings (SSSR count). The van der Waals surface area contributed by atoms with Crippen LogP contribution in [0.1, 0.15) is 0 Å². The van der Waals surface area contributed by atoms with Crippen molar-refractivity contribution >= 4 is 23.4 Å². The van der Waals surface area contributed by atoms with Gasteiger partial charge in [-0.25, -0.2) is 4.39 Å². The second kappa shape index (κ2) is 5.30. The zero-order valence-electron chi connectivity index (χ0n) is 7.09. The first-order chi connectivity index (χ1) is 6.24. The van der Waals surface area contributed by atoms with Gasteiger partial charge in [-0.3, -0.25) is 0 Å². The Morgan fingerprint density at radius 3 is 2.77 bits per heavy atom. The molecule has 0 saturated carbocycles. The predicted molar refractivity (Wildman–Crippen MR) is 57.0 cm³/mol. The van der Waals surface area contributed by atoms with E-state index in [0.717, 1.165) is 5.57 Å². The summed E-state index contributed by atoms with van der Waals surface area (Å²) in [7, 11) is 0. The van der Waals surface area contributed by atoms with Crippen molar-refractivity contribution in [1.29, 1.82) is 0 Å². The Kier molecular flexibility index (Phi) is 4.33. The van der Waals surface area contributed by atoms with E-state index >= 15 is 0 Å². The molecule has 13 heavy (non-hydrogen) atoms. The van der Waals surface area contributed by atoms with Gasteiger partial charge in [-0.15, -0.1) is 23.4 Å². The largest absolute Gasteiger partial charge is 0.206 e. The van der Waals surface area contributed by atoms with Crippen molar-refractivity contribution in [3.8, 4) is 0 Å². The van der Waals surface area contributed by atoms with E-state index in [-0.39, 0.29) is 5.82 Å². The summed E-state index contributed by atoms with van der Waals surface area (Å²) in [5, 5.41) is 0. The van der Waals surface area contributed by atoms with E-state index in [0.29, 0.717) is 16.5 Å². The number of hydrogen-bond donors (Lipinski definition) is 0. The Labute approximate surface area is 86.8 Å². The summed E-state index contributed by atoms with van der Waals surface area (Å²) in [6.45, 7) is 3.74. The third kappa shape index (κ3) is 3.41. The molecule has 0 spiro atoms. The van der Waals surface area contributed by atoms with Crippen molar-refractivity contribution in [2.75, 3.05) is 11.6 Å². The average molecular weight is 217 g/mol. The minimum atomic E-state index is -0.185. The Morgan fingerprint density at radius 1 is 1.46 bits per heavy atom. The van der Waals surface area contributed by atoms with Crippen molar-refractivity contribution in [2.45, 2.75) is 4.90 Å². The van der Waals surface area contributed by atoms with Crippen molar-refractivity contribution in [3.05, 3.63) is 42.2 Å². The molecule has 0 N–H and O–H groups in total. The van der Waals surface area contributed by atoms with Crippen LogP contribution >= 0.6 is 23.4 Å². The van der Waals surface area contributed by atoms with Gasteiger partial charge in [0, 0.05) is 16.5 Å². The van der Waals surface area contributed by atoms with Crippen LogP contribution in [-0.2, 0) is 0 Å². The summed E-state index contributed by atoms with van der Waals surface area (Å²) < 4.78 is 13.1. The van der Waals surface area contributed by atoms with Gasteiger partial charge in [0.2, 0.25) is 0 Å². The van der Waals surface area contributed by atoms with Crippen LogP contribution in [0.4, 0.5) is 4.39 Å². The highest BCUT2D eigenvalue weighted by molar-refractivity contribution is 7.99. The number of thioether (sulfide) groups is 1. The highest BCUT2D eigenvalue weighted by Gasteiger charge is 2.01. The summed E-state index contributed by atoms with van der Waals surface area (Å²) in [5.41, 5.74) is 0.912. The maximum atomic E-state index is 13.1. The van der Waals surface area contributed by atoms with Crippen molar-refractivity contribution < 1.29 is 4.39 Å². The molecule has 0 heterocycles. The van der Waals surface area contributed by atoms with Gasteiger partial charge >= 0.3 is 0 Å². The standard InChI is InChI=1S/C10H10ClFS/c1-8(6-11)7-13-10-5-3-2-4-9(10)12/h2-5H,1,6-7H2. The summed E-state index contributed by atoms with van der Waals surface area (Å²) >= 11 is 6.97. The number of hydrogen-bond acceptors (Lipinski definition) is 1. The van der Waals surface area contributed by atoms with Crippen LogP contribution in [0.15, 0.2) is 41.3 Å². The molecule has 1 aromatic rings. The molecule has 0 aromatic heterocycles. The molecule has 0 aliphatic heterocycles. The summed E-state index contributed by atoms with van der Waals surface area (Å²) in [6.07, 6.45) is 0. The molecular weight excluding hydrogens is 207 g/mol. The lowest BCUT2D eigenvalue weighted by Gasteiger charge is -2.02. The van der Waals surface area contributed by atoms with Crippen LogP contribution < -0.4 is 0 Å². The second-order valence-corrected chi connectivity index (χ2v) is 3.89. The van der Waals surface area contributed by atoms with E-state index in [1.807, 2.05) is 6.07 Å². The highest BCUT2D eigenvalue weighted by Crippen LogP contribution is 2.22. The summed E-state index contributed by atoms with van der Waals surface area (Å²) in [6, 6.07) is 6.69. The highest BCUT2D eigenvalue weighted by atomic mass is 35.5. The van der Waals surface area contributed by atoms with Crippen LogP contribution in [0.5, 0.6) is 0 Å². The summed E-state index contributed by atoms with van der Waals surface area (Å²) in [5.74, 6) is 0.918. The lowest BCUT2D eigenvalue weighted by molar-refractivity contribution is 0.602. The Balaban J connectivity index is 2.54. The fourth-order valence-electron chi connectivity index (χ4n) is 0.780. The van der Waals surface area contributed by atoms with E-state index < -0.39 is 0 Å². The molecule has 0 radical (unpaired) electrons. The Hall–Kier alpha value is -0.470. The quantitative estimate of drug-likeness (QED) is 0.420. The maximum absolute atomic E-state index is 13.1. The first-order valence-electron chi connectivity index (χ1n) is 3.84. The fraction of sp³-hybridized carbons (Fsp3) is 0.200. The topological polar surface area (TPSA) is 0 Å². The van der Waals surface area contributed by atoms with Crippen LogP contribution in [0.2, 0.25) is 0 Å². The fourth-order valence-corrected chi connectivity index (χ4v) is 1.83. The molecule has 0 saturated heterocycles. The van der Waals surface area contributed by atoms with Crippen LogP contribution in [0.25, 0.3) is 0 Å². The monoisotopic (exact) mass is 216 g/mol. The minimum absolute atomic E-state index is 0.185. The molecule has 0 aliphatic carbocycles. The molecule has 0 aliphatic rings. The molecule has 70 valence electrons. The smallest absolute Gasteiger partial charge is 0.136 e. The number of rotatable bonds is 4. The Bertz CT molecular complexity index is 299. The van der Waals surface area contributed by atoms with Gasteiger partial charge in [-0.1, -0.05) is 24.3 Å². The van der Waals surface area contributed by atoms with Crippen molar-refractivity contribution in [2.24, 2.45) is 0 Å². The molecule has 1 aromatic carbocycles. The van der Waals surface area contributed by atoms with Gasteiger partial charge in [0.05, 0.1) is 0 Å². The van der Waals surface area contributed by atoms with Gasteiger partial charge in [0.1, 0.15) is 5.82 Å². The van der Waals surface area contributed by atoms with Crippen molar-refractivity contribution in [1.82, 2.24) is 0 Å². The van der Waals surface area contributed by atoms with Gasteiger partial charge in [-0.2, -0.15) is 0 Å². The lowest BCUT2D eigenvalue weighted by atomic mass is 10.3. The van der Waals surface area contributed by atoms with Crippen LogP contribution in [0, 0.1) is 5.82 Å². The molecule has 0 nitrogen and oxygen atoms in total. The molecule has 0 atom stereocenters. The molecule has 0 fully saturated rings. The molecular formula is C10H10ClFS. The van der Waals surface area contributed by atoms with Gasteiger partial charge in [0.25, 0.3) is 0 Å². The second-order valence-electron chi connectivity index (χ2n) is 2.60. The first-order valence-corrected chi connectivity index (χ1v) is 5.36. The minimum Gasteiger partial charge on any atom is -0.206 e. The van der Waals surface area contributed by atoms with Gasteiger partial charge < -0.3 is 0 Å². The molecule has 0 amide bonds. The zero-order chi connectivity index (χ0) is 9.68. The van der Waals surface area contributed by atoms with Crippen LogP contribution in [0.3, 0.4) is 0 Å². The van der Waals surface area contributed by atoms with E-state index in [9.17, 15) is 4.39 Å². The van der Waals surface area contributed by atoms with E-state index in [2.05, 4.69) is 6.58 Å². The normalized spacial score (nSPS) is 10.0.